The Hall–Kier alpha value is -2.24. The van der Waals surface area contributed by atoms with Gasteiger partial charge in [0, 0.05) is 13.0 Å². The van der Waals surface area contributed by atoms with Gasteiger partial charge in [0.25, 0.3) is 5.91 Å². The fourth-order valence-corrected chi connectivity index (χ4v) is 2.60. The quantitative estimate of drug-likeness (QED) is 0.863. The minimum absolute atomic E-state index is 0.0540. The molecular formula is C19H20FNO3. The van der Waals surface area contributed by atoms with E-state index in [0.29, 0.717) is 6.61 Å². The van der Waals surface area contributed by atoms with Gasteiger partial charge >= 0.3 is 0 Å². The largest absolute Gasteiger partial charge is 0.350 e. The summed E-state index contributed by atoms with van der Waals surface area (Å²) in [6.07, 6.45) is 2.23. The Bertz CT molecular complexity index is 709. The van der Waals surface area contributed by atoms with Gasteiger partial charge in [0.1, 0.15) is 5.82 Å². The lowest BCUT2D eigenvalue weighted by molar-refractivity contribution is -0.186. The van der Waals surface area contributed by atoms with Crippen molar-refractivity contribution in [2.75, 3.05) is 6.61 Å². The molecule has 1 heterocycles. The van der Waals surface area contributed by atoms with Crippen LogP contribution in [-0.4, -0.2) is 18.8 Å². The van der Waals surface area contributed by atoms with E-state index in [1.807, 2.05) is 31.2 Å². The van der Waals surface area contributed by atoms with Gasteiger partial charge in [-0.15, -0.1) is 0 Å². The number of halogens is 1. The molecule has 2 aromatic carbocycles. The Morgan fingerprint density at radius 2 is 1.92 bits per heavy atom. The molecule has 5 heteroatoms. The zero-order chi connectivity index (χ0) is 16.9. The standard InChI is InChI=1S/C19H20FNO3/c1-13-5-7-14(8-6-13)15-9-10-16(17(20)12-15)19(22)21-24-18-4-2-3-11-23-18/h5-10,12,18H,2-4,11H2,1H3,(H,21,22). The molecule has 0 bridgehead atoms. The molecule has 1 aliphatic rings. The van der Waals surface area contributed by atoms with E-state index in [-0.39, 0.29) is 5.56 Å². The molecule has 0 radical (unpaired) electrons. The molecule has 2 aromatic rings. The summed E-state index contributed by atoms with van der Waals surface area (Å²) in [6, 6.07) is 12.3. The number of carbonyl (C=O) groups is 1. The molecule has 4 nitrogen and oxygen atoms in total. The number of hydrogen-bond acceptors (Lipinski definition) is 3. The van der Waals surface area contributed by atoms with Crippen LogP contribution in [0.15, 0.2) is 42.5 Å². The summed E-state index contributed by atoms with van der Waals surface area (Å²) < 4.78 is 19.6. The second kappa shape index (κ2) is 7.55. The molecular weight excluding hydrogens is 309 g/mol. The highest BCUT2D eigenvalue weighted by Gasteiger charge is 2.18. The number of aryl methyl sites for hydroxylation is 1. The lowest BCUT2D eigenvalue weighted by Crippen LogP contribution is -2.33. The van der Waals surface area contributed by atoms with E-state index >= 15 is 0 Å². The Labute approximate surface area is 140 Å². The summed E-state index contributed by atoms with van der Waals surface area (Å²) in [5.74, 6) is -1.20. The monoisotopic (exact) mass is 329 g/mol. The highest BCUT2D eigenvalue weighted by atomic mass is 19.1. The first-order valence-corrected chi connectivity index (χ1v) is 8.07. The van der Waals surface area contributed by atoms with Crippen molar-refractivity contribution in [3.63, 3.8) is 0 Å². The average Bonchev–Trinajstić information content (AvgIpc) is 2.61. The summed E-state index contributed by atoms with van der Waals surface area (Å²) in [6.45, 7) is 2.61. The molecule has 1 saturated heterocycles. The van der Waals surface area contributed by atoms with Crippen LogP contribution in [0.1, 0.15) is 35.2 Å². The van der Waals surface area contributed by atoms with Gasteiger partial charge in [-0.3, -0.25) is 4.79 Å². The first-order chi connectivity index (χ1) is 11.6. The van der Waals surface area contributed by atoms with Crippen LogP contribution in [0.3, 0.4) is 0 Å². The fraction of sp³-hybridized carbons (Fsp3) is 0.316. The lowest BCUT2D eigenvalue weighted by Gasteiger charge is -2.22. The summed E-state index contributed by atoms with van der Waals surface area (Å²) in [7, 11) is 0. The minimum atomic E-state index is -0.614. The van der Waals surface area contributed by atoms with Crippen LogP contribution >= 0.6 is 0 Å². The maximum atomic E-state index is 14.3. The predicted octanol–water partition coefficient (Wildman–Crippen LogP) is 3.99. The molecule has 0 aromatic heterocycles. The molecule has 1 aliphatic heterocycles. The molecule has 1 amide bonds. The normalized spacial score (nSPS) is 17.5. The van der Waals surface area contributed by atoms with Crippen LogP contribution < -0.4 is 5.48 Å². The van der Waals surface area contributed by atoms with Crippen molar-refractivity contribution < 1.29 is 18.8 Å². The van der Waals surface area contributed by atoms with Crippen molar-refractivity contribution >= 4 is 5.91 Å². The van der Waals surface area contributed by atoms with Crippen molar-refractivity contribution in [3.8, 4) is 11.1 Å². The van der Waals surface area contributed by atoms with Crippen LogP contribution in [-0.2, 0) is 9.57 Å². The maximum absolute atomic E-state index is 14.3. The topological polar surface area (TPSA) is 47.6 Å². The molecule has 3 rings (SSSR count). The first kappa shape index (κ1) is 16.6. The summed E-state index contributed by atoms with van der Waals surface area (Å²) >= 11 is 0. The number of benzene rings is 2. The van der Waals surface area contributed by atoms with Crippen molar-refractivity contribution in [3.05, 3.63) is 59.4 Å². The van der Waals surface area contributed by atoms with Gasteiger partial charge < -0.3 is 4.74 Å². The molecule has 1 unspecified atom stereocenters. The van der Waals surface area contributed by atoms with Crippen molar-refractivity contribution in [1.82, 2.24) is 5.48 Å². The molecule has 1 N–H and O–H groups in total. The van der Waals surface area contributed by atoms with E-state index in [2.05, 4.69) is 5.48 Å². The van der Waals surface area contributed by atoms with Gasteiger partial charge in [-0.25, -0.2) is 14.7 Å². The Kier molecular flexibility index (Phi) is 5.23. The van der Waals surface area contributed by atoms with Crippen molar-refractivity contribution in [2.45, 2.75) is 32.5 Å². The van der Waals surface area contributed by atoms with E-state index in [0.717, 1.165) is 36.0 Å². The Balaban J connectivity index is 1.67. The predicted molar refractivity (Wildman–Crippen MR) is 88.7 cm³/mol. The first-order valence-electron chi connectivity index (χ1n) is 8.07. The number of rotatable bonds is 4. The zero-order valence-electron chi connectivity index (χ0n) is 13.5. The number of carbonyl (C=O) groups excluding carboxylic acids is 1. The Morgan fingerprint density at radius 3 is 2.58 bits per heavy atom. The van der Waals surface area contributed by atoms with E-state index in [4.69, 9.17) is 9.57 Å². The van der Waals surface area contributed by atoms with Crippen LogP contribution in [0.5, 0.6) is 0 Å². The van der Waals surface area contributed by atoms with Crippen LogP contribution in [0.4, 0.5) is 4.39 Å². The minimum Gasteiger partial charge on any atom is -0.350 e. The SMILES string of the molecule is Cc1ccc(-c2ccc(C(=O)NOC3CCCCO3)c(F)c2)cc1. The second-order valence-electron chi connectivity index (χ2n) is 5.91. The number of amides is 1. The molecule has 0 spiro atoms. The molecule has 126 valence electrons. The number of nitrogens with one attached hydrogen (secondary N) is 1. The summed E-state index contributed by atoms with van der Waals surface area (Å²) in [5, 5.41) is 0. The van der Waals surface area contributed by atoms with Crippen molar-refractivity contribution in [2.24, 2.45) is 0 Å². The van der Waals surface area contributed by atoms with Crippen LogP contribution in [0, 0.1) is 12.7 Å². The number of hydrogen-bond donors (Lipinski definition) is 1. The van der Waals surface area contributed by atoms with E-state index in [1.165, 1.54) is 12.1 Å². The van der Waals surface area contributed by atoms with E-state index < -0.39 is 18.0 Å². The van der Waals surface area contributed by atoms with Gasteiger partial charge in [0.2, 0.25) is 0 Å². The van der Waals surface area contributed by atoms with Gasteiger partial charge in [0.05, 0.1) is 5.56 Å². The molecule has 1 fully saturated rings. The highest BCUT2D eigenvalue weighted by Crippen LogP contribution is 2.22. The third-order valence-corrected chi connectivity index (χ3v) is 4.02. The third kappa shape index (κ3) is 3.99. The molecule has 1 atom stereocenters. The van der Waals surface area contributed by atoms with Gasteiger partial charge in [-0.05, 0) is 43.0 Å². The summed E-state index contributed by atoms with van der Waals surface area (Å²) in [4.78, 5) is 17.3. The fourth-order valence-electron chi connectivity index (χ4n) is 2.60. The average molecular weight is 329 g/mol. The zero-order valence-corrected chi connectivity index (χ0v) is 13.5. The molecule has 24 heavy (non-hydrogen) atoms. The molecule has 0 aliphatic carbocycles. The smallest absolute Gasteiger partial charge is 0.277 e. The third-order valence-electron chi connectivity index (χ3n) is 4.02. The maximum Gasteiger partial charge on any atom is 0.277 e. The lowest BCUT2D eigenvalue weighted by atomic mass is 10.0. The highest BCUT2D eigenvalue weighted by molar-refractivity contribution is 5.94. The Morgan fingerprint density at radius 1 is 1.17 bits per heavy atom. The van der Waals surface area contributed by atoms with Crippen molar-refractivity contribution in [1.29, 1.82) is 0 Å². The van der Waals surface area contributed by atoms with Gasteiger partial charge in [-0.2, -0.15) is 0 Å². The van der Waals surface area contributed by atoms with E-state index in [9.17, 15) is 9.18 Å². The molecule has 0 saturated carbocycles. The summed E-state index contributed by atoms with van der Waals surface area (Å²) in [5.41, 5.74) is 4.98. The van der Waals surface area contributed by atoms with Gasteiger partial charge in [-0.1, -0.05) is 35.9 Å². The van der Waals surface area contributed by atoms with Crippen LogP contribution in [0.25, 0.3) is 11.1 Å². The van der Waals surface area contributed by atoms with E-state index in [1.54, 1.807) is 6.07 Å². The number of hydroxylamine groups is 1. The van der Waals surface area contributed by atoms with Crippen LogP contribution in [0.2, 0.25) is 0 Å². The number of ether oxygens (including phenoxy) is 1. The second-order valence-corrected chi connectivity index (χ2v) is 5.91. The van der Waals surface area contributed by atoms with Gasteiger partial charge in [0.15, 0.2) is 6.29 Å².